The van der Waals surface area contributed by atoms with Gasteiger partial charge in [-0.1, -0.05) is 24.0 Å². The van der Waals surface area contributed by atoms with E-state index in [2.05, 4.69) is 10.2 Å². The summed E-state index contributed by atoms with van der Waals surface area (Å²) in [5.74, 6) is 1.68. The SMILES string of the molecule is CCN(CC)C(=S)SCC(=O)N[C@@H](C)c1cc(OC)ccc1OC. The van der Waals surface area contributed by atoms with Crippen LogP contribution in [0.25, 0.3) is 0 Å². The lowest BCUT2D eigenvalue weighted by Gasteiger charge is -2.21. The maximum Gasteiger partial charge on any atom is 0.230 e. The largest absolute Gasteiger partial charge is 0.497 e. The van der Waals surface area contributed by atoms with Crippen LogP contribution in [0, 0.1) is 0 Å². The van der Waals surface area contributed by atoms with E-state index in [1.807, 2.05) is 39.0 Å². The second-order valence-electron chi connectivity index (χ2n) is 5.12. The van der Waals surface area contributed by atoms with Crippen molar-refractivity contribution in [3.63, 3.8) is 0 Å². The highest BCUT2D eigenvalue weighted by Crippen LogP contribution is 2.29. The normalized spacial score (nSPS) is 11.5. The molecule has 0 fully saturated rings. The third-order valence-electron chi connectivity index (χ3n) is 3.63. The van der Waals surface area contributed by atoms with Crippen LogP contribution in [0.1, 0.15) is 32.4 Å². The summed E-state index contributed by atoms with van der Waals surface area (Å²) in [6.07, 6.45) is 0. The van der Waals surface area contributed by atoms with E-state index in [-0.39, 0.29) is 11.9 Å². The number of nitrogens with one attached hydrogen (secondary N) is 1. The van der Waals surface area contributed by atoms with Crippen molar-refractivity contribution < 1.29 is 14.3 Å². The molecular weight excluding hydrogens is 344 g/mol. The van der Waals surface area contributed by atoms with Crippen molar-refractivity contribution in [1.29, 1.82) is 0 Å². The molecule has 1 aromatic rings. The number of carbonyl (C=O) groups excluding carboxylic acids is 1. The van der Waals surface area contributed by atoms with Gasteiger partial charge in [-0.25, -0.2) is 0 Å². The fraction of sp³-hybridized carbons (Fsp3) is 0.529. The van der Waals surface area contributed by atoms with Gasteiger partial charge in [0.05, 0.1) is 26.0 Å². The summed E-state index contributed by atoms with van der Waals surface area (Å²) in [5.41, 5.74) is 0.876. The maximum absolute atomic E-state index is 12.2. The molecule has 7 heteroatoms. The smallest absolute Gasteiger partial charge is 0.230 e. The van der Waals surface area contributed by atoms with Crippen LogP contribution >= 0.6 is 24.0 Å². The summed E-state index contributed by atoms with van der Waals surface area (Å²) in [5, 5.41) is 2.98. The second-order valence-corrected chi connectivity index (χ2v) is 6.73. The minimum absolute atomic E-state index is 0.0631. The lowest BCUT2D eigenvalue weighted by atomic mass is 10.1. The predicted molar refractivity (Wildman–Crippen MR) is 104 cm³/mol. The molecule has 0 saturated carbocycles. The van der Waals surface area contributed by atoms with E-state index in [1.165, 1.54) is 11.8 Å². The standard InChI is InChI=1S/C17H26N2O3S2/c1-6-19(7-2)17(23)24-11-16(20)18-12(3)14-10-13(21-4)8-9-15(14)22-5/h8-10,12H,6-7,11H2,1-5H3,(H,18,20)/t12-/m0/s1. The summed E-state index contributed by atoms with van der Waals surface area (Å²) in [6, 6.07) is 5.35. The molecule has 0 aromatic heterocycles. The molecule has 1 N–H and O–H groups in total. The summed E-state index contributed by atoms with van der Waals surface area (Å²) in [6.45, 7) is 7.71. The van der Waals surface area contributed by atoms with E-state index in [0.717, 1.165) is 34.5 Å². The molecule has 0 aliphatic rings. The molecule has 0 spiro atoms. The third kappa shape index (κ3) is 5.87. The number of rotatable bonds is 8. The van der Waals surface area contributed by atoms with E-state index < -0.39 is 0 Å². The molecule has 0 heterocycles. The van der Waals surface area contributed by atoms with Gasteiger partial charge >= 0.3 is 0 Å². The molecule has 134 valence electrons. The highest BCUT2D eigenvalue weighted by atomic mass is 32.2. The molecule has 0 aliphatic carbocycles. The highest BCUT2D eigenvalue weighted by Gasteiger charge is 2.16. The molecule has 0 bridgehead atoms. The van der Waals surface area contributed by atoms with Gasteiger partial charge in [-0.2, -0.15) is 0 Å². The molecule has 1 rings (SSSR count). The summed E-state index contributed by atoms with van der Waals surface area (Å²) < 4.78 is 11.4. The van der Waals surface area contributed by atoms with Gasteiger partial charge in [0, 0.05) is 18.7 Å². The van der Waals surface area contributed by atoms with Crippen LogP contribution in [0.5, 0.6) is 11.5 Å². The number of amides is 1. The summed E-state index contributed by atoms with van der Waals surface area (Å²) in [7, 11) is 3.22. The Hall–Kier alpha value is -1.47. The molecule has 5 nitrogen and oxygen atoms in total. The first-order valence-electron chi connectivity index (χ1n) is 7.89. The number of carbonyl (C=O) groups is 1. The van der Waals surface area contributed by atoms with Gasteiger partial charge in [0.2, 0.25) is 5.91 Å². The lowest BCUT2D eigenvalue weighted by Crippen LogP contribution is -2.31. The van der Waals surface area contributed by atoms with E-state index in [1.54, 1.807) is 14.2 Å². The summed E-state index contributed by atoms with van der Waals surface area (Å²) in [4.78, 5) is 14.3. The van der Waals surface area contributed by atoms with Crippen LogP contribution < -0.4 is 14.8 Å². The van der Waals surface area contributed by atoms with Gasteiger partial charge in [-0.15, -0.1) is 0 Å². The van der Waals surface area contributed by atoms with Gasteiger partial charge in [0.25, 0.3) is 0 Å². The van der Waals surface area contributed by atoms with Gasteiger partial charge < -0.3 is 19.7 Å². The van der Waals surface area contributed by atoms with E-state index in [0.29, 0.717) is 5.75 Å². The van der Waals surface area contributed by atoms with Crippen LogP contribution in [0.4, 0.5) is 0 Å². The Morgan fingerprint density at radius 1 is 1.29 bits per heavy atom. The maximum atomic E-state index is 12.2. The minimum atomic E-state index is -0.190. The van der Waals surface area contributed by atoms with E-state index in [4.69, 9.17) is 21.7 Å². The average molecular weight is 371 g/mol. The van der Waals surface area contributed by atoms with Gasteiger partial charge in [0.1, 0.15) is 15.8 Å². The van der Waals surface area contributed by atoms with Crippen molar-refractivity contribution in [1.82, 2.24) is 10.2 Å². The minimum Gasteiger partial charge on any atom is -0.497 e. The molecule has 0 aliphatic heterocycles. The zero-order valence-corrected chi connectivity index (χ0v) is 16.6. The number of nitrogens with zero attached hydrogens (tertiary/aromatic N) is 1. The molecule has 1 aromatic carbocycles. The monoisotopic (exact) mass is 370 g/mol. The van der Waals surface area contributed by atoms with Crippen molar-refractivity contribution in [2.24, 2.45) is 0 Å². The number of thioether (sulfide) groups is 1. The lowest BCUT2D eigenvalue weighted by molar-refractivity contribution is -0.119. The van der Waals surface area contributed by atoms with Crippen molar-refractivity contribution in [2.45, 2.75) is 26.8 Å². The zero-order chi connectivity index (χ0) is 18.1. The number of hydrogen-bond acceptors (Lipinski definition) is 5. The van der Waals surface area contributed by atoms with Crippen LogP contribution in [-0.4, -0.2) is 48.2 Å². The van der Waals surface area contributed by atoms with E-state index in [9.17, 15) is 4.79 Å². The Morgan fingerprint density at radius 2 is 1.96 bits per heavy atom. The first-order chi connectivity index (χ1) is 11.5. The summed E-state index contributed by atoms with van der Waals surface area (Å²) >= 11 is 6.73. The average Bonchev–Trinajstić information content (AvgIpc) is 2.60. The van der Waals surface area contributed by atoms with E-state index >= 15 is 0 Å². The fourth-order valence-corrected chi connectivity index (χ4v) is 3.45. The second kappa shape index (κ2) is 10.4. The quantitative estimate of drug-likeness (QED) is 0.709. The molecule has 1 amide bonds. The topological polar surface area (TPSA) is 50.8 Å². The Bertz CT molecular complexity index is 563. The van der Waals surface area contributed by atoms with Gasteiger partial charge in [-0.3, -0.25) is 4.79 Å². The fourth-order valence-electron chi connectivity index (χ4n) is 2.24. The molecular formula is C17H26N2O3S2. The van der Waals surface area contributed by atoms with Crippen LogP contribution in [0.2, 0.25) is 0 Å². The van der Waals surface area contributed by atoms with Crippen molar-refractivity contribution >= 4 is 34.2 Å². The Kier molecular flexibility index (Phi) is 8.92. The predicted octanol–water partition coefficient (Wildman–Crippen LogP) is 3.24. The van der Waals surface area contributed by atoms with Crippen LogP contribution in [0.3, 0.4) is 0 Å². The molecule has 0 unspecified atom stereocenters. The third-order valence-corrected chi connectivity index (χ3v) is 5.15. The first kappa shape index (κ1) is 20.6. The van der Waals surface area contributed by atoms with Crippen molar-refractivity contribution in [3.8, 4) is 11.5 Å². The molecule has 24 heavy (non-hydrogen) atoms. The number of thiocarbonyl (C=S) groups is 1. The van der Waals surface area contributed by atoms with Crippen molar-refractivity contribution in [3.05, 3.63) is 23.8 Å². The molecule has 0 saturated heterocycles. The molecule has 1 atom stereocenters. The van der Waals surface area contributed by atoms with Crippen LogP contribution in [0.15, 0.2) is 18.2 Å². The number of ether oxygens (including phenoxy) is 2. The van der Waals surface area contributed by atoms with Crippen molar-refractivity contribution in [2.75, 3.05) is 33.1 Å². The number of hydrogen-bond donors (Lipinski definition) is 1. The Morgan fingerprint density at radius 3 is 2.50 bits per heavy atom. The van der Waals surface area contributed by atoms with Crippen LogP contribution in [-0.2, 0) is 4.79 Å². The van der Waals surface area contributed by atoms with Gasteiger partial charge in [-0.05, 0) is 39.0 Å². The Labute approximate surface area is 154 Å². The van der Waals surface area contributed by atoms with Gasteiger partial charge in [0.15, 0.2) is 0 Å². The first-order valence-corrected chi connectivity index (χ1v) is 9.29. The zero-order valence-electron chi connectivity index (χ0n) is 14.9. The molecule has 0 radical (unpaired) electrons. The number of methoxy groups -OCH3 is 2. The Balaban J connectivity index is 2.65. The number of benzene rings is 1. The highest BCUT2D eigenvalue weighted by molar-refractivity contribution is 8.23.